The van der Waals surface area contributed by atoms with Crippen molar-refractivity contribution in [2.24, 2.45) is 0 Å². The van der Waals surface area contributed by atoms with E-state index in [0.717, 1.165) is 39.4 Å². The quantitative estimate of drug-likeness (QED) is 0.249. The highest BCUT2D eigenvalue weighted by atomic mass is 35.5. The summed E-state index contributed by atoms with van der Waals surface area (Å²) in [6.07, 6.45) is 0.934. The summed E-state index contributed by atoms with van der Waals surface area (Å²) in [4.78, 5) is 11.0. The fraction of sp³-hybridized carbons (Fsp3) is 0.233. The van der Waals surface area contributed by atoms with Crippen molar-refractivity contribution in [2.75, 3.05) is 0 Å². The standard InChI is InChI=1S/C30H29ClFNO2/c1-3-29(33-19(2)20-8-6-9-25(31)17-20)24-16-21-7-4-5-10-26(21)27(18-24)22-11-13-28(32)23(15-22)12-14-30(34)35/h4-11,13,15-19,29,33H,3,12,14H2,1-2H3,(H,34,35)/t19-,29?/m1/s1. The van der Waals surface area contributed by atoms with Gasteiger partial charge in [-0.2, -0.15) is 0 Å². The monoisotopic (exact) mass is 489 g/mol. The van der Waals surface area contributed by atoms with Crippen LogP contribution in [-0.4, -0.2) is 11.1 Å². The summed E-state index contributed by atoms with van der Waals surface area (Å²) >= 11 is 6.21. The predicted octanol–water partition coefficient (Wildman–Crippen LogP) is 8.12. The molecule has 5 heteroatoms. The second kappa shape index (κ2) is 11.0. The summed E-state index contributed by atoms with van der Waals surface area (Å²) in [6, 6.07) is 25.6. The van der Waals surface area contributed by atoms with Crippen LogP contribution in [-0.2, 0) is 11.2 Å². The summed E-state index contributed by atoms with van der Waals surface area (Å²) < 4.78 is 14.4. The third-order valence-corrected chi connectivity index (χ3v) is 6.69. The molecule has 180 valence electrons. The average molecular weight is 490 g/mol. The van der Waals surface area contributed by atoms with Crippen LogP contribution >= 0.6 is 11.6 Å². The Balaban J connectivity index is 1.74. The van der Waals surface area contributed by atoms with Gasteiger partial charge >= 0.3 is 5.97 Å². The number of hydrogen-bond donors (Lipinski definition) is 2. The topological polar surface area (TPSA) is 49.3 Å². The van der Waals surface area contributed by atoms with Gasteiger partial charge in [-0.1, -0.05) is 61.0 Å². The number of halogens is 2. The van der Waals surface area contributed by atoms with Gasteiger partial charge < -0.3 is 10.4 Å². The van der Waals surface area contributed by atoms with E-state index >= 15 is 0 Å². The average Bonchev–Trinajstić information content (AvgIpc) is 2.86. The second-order valence-electron chi connectivity index (χ2n) is 8.89. The van der Waals surface area contributed by atoms with Gasteiger partial charge in [0.15, 0.2) is 0 Å². The molecule has 1 unspecified atom stereocenters. The van der Waals surface area contributed by atoms with E-state index in [0.29, 0.717) is 10.6 Å². The number of aliphatic carboxylic acids is 1. The molecule has 0 saturated carbocycles. The van der Waals surface area contributed by atoms with Gasteiger partial charge in [-0.3, -0.25) is 4.79 Å². The summed E-state index contributed by atoms with van der Waals surface area (Å²) in [5.41, 5.74) is 4.57. The Morgan fingerprint density at radius 3 is 2.54 bits per heavy atom. The SMILES string of the molecule is CCC(N[C@H](C)c1cccc(Cl)c1)c1cc(-c2ccc(F)c(CCC(=O)O)c2)c2ccccc2c1. The molecule has 0 amide bonds. The van der Waals surface area contributed by atoms with E-state index in [1.54, 1.807) is 12.1 Å². The van der Waals surface area contributed by atoms with Crippen LogP contribution in [0.15, 0.2) is 78.9 Å². The number of carboxylic acids is 1. The van der Waals surface area contributed by atoms with Gasteiger partial charge in [0.1, 0.15) is 5.82 Å². The number of nitrogens with one attached hydrogen (secondary N) is 1. The number of aryl methyl sites for hydroxylation is 1. The molecule has 4 aromatic carbocycles. The number of fused-ring (bicyclic) bond motifs is 1. The Labute approximate surface area is 210 Å². The Hall–Kier alpha value is -3.21. The fourth-order valence-electron chi connectivity index (χ4n) is 4.57. The number of carbonyl (C=O) groups is 1. The van der Waals surface area contributed by atoms with Gasteiger partial charge in [-0.15, -0.1) is 0 Å². The van der Waals surface area contributed by atoms with Crippen LogP contribution in [0.25, 0.3) is 21.9 Å². The number of benzene rings is 4. The molecule has 4 rings (SSSR count). The zero-order valence-corrected chi connectivity index (χ0v) is 20.6. The first-order valence-corrected chi connectivity index (χ1v) is 12.3. The van der Waals surface area contributed by atoms with E-state index in [1.807, 2.05) is 30.3 Å². The molecule has 0 bridgehead atoms. The van der Waals surface area contributed by atoms with Crippen molar-refractivity contribution >= 4 is 28.3 Å². The van der Waals surface area contributed by atoms with E-state index in [4.69, 9.17) is 16.7 Å². The van der Waals surface area contributed by atoms with Crippen molar-refractivity contribution in [1.29, 1.82) is 0 Å². The molecule has 3 nitrogen and oxygen atoms in total. The van der Waals surface area contributed by atoms with Crippen molar-refractivity contribution in [3.63, 3.8) is 0 Å². The van der Waals surface area contributed by atoms with Gasteiger partial charge in [0.2, 0.25) is 0 Å². The molecule has 0 aliphatic heterocycles. The van der Waals surface area contributed by atoms with Gasteiger partial charge in [0.25, 0.3) is 0 Å². The molecule has 0 aromatic heterocycles. The highest BCUT2D eigenvalue weighted by molar-refractivity contribution is 6.30. The highest BCUT2D eigenvalue weighted by Gasteiger charge is 2.17. The molecule has 2 N–H and O–H groups in total. The van der Waals surface area contributed by atoms with Gasteiger partial charge in [-0.25, -0.2) is 4.39 Å². The Morgan fingerprint density at radius 1 is 1.00 bits per heavy atom. The van der Waals surface area contributed by atoms with Gasteiger partial charge in [0.05, 0.1) is 0 Å². The van der Waals surface area contributed by atoms with Crippen molar-refractivity contribution in [1.82, 2.24) is 5.32 Å². The van der Waals surface area contributed by atoms with Crippen molar-refractivity contribution in [2.45, 2.75) is 45.2 Å². The van der Waals surface area contributed by atoms with Crippen LogP contribution in [0.3, 0.4) is 0 Å². The summed E-state index contributed by atoms with van der Waals surface area (Å²) in [5, 5.41) is 15.7. The zero-order valence-electron chi connectivity index (χ0n) is 19.9. The van der Waals surface area contributed by atoms with Gasteiger partial charge in [0, 0.05) is 23.5 Å². The van der Waals surface area contributed by atoms with Crippen LogP contribution in [0, 0.1) is 5.82 Å². The second-order valence-corrected chi connectivity index (χ2v) is 9.33. The van der Waals surface area contributed by atoms with E-state index in [1.165, 1.54) is 6.07 Å². The summed E-state index contributed by atoms with van der Waals surface area (Å²) in [7, 11) is 0. The van der Waals surface area contributed by atoms with Crippen molar-refractivity contribution in [3.8, 4) is 11.1 Å². The van der Waals surface area contributed by atoms with Crippen molar-refractivity contribution < 1.29 is 14.3 Å². The molecule has 4 aromatic rings. The molecule has 0 saturated heterocycles. The molecule has 0 heterocycles. The number of hydrogen-bond acceptors (Lipinski definition) is 2. The minimum Gasteiger partial charge on any atom is -0.481 e. The van der Waals surface area contributed by atoms with Gasteiger partial charge in [-0.05, 0) is 94.8 Å². The Morgan fingerprint density at radius 2 is 1.80 bits per heavy atom. The third kappa shape index (κ3) is 5.90. The first-order chi connectivity index (χ1) is 16.9. The minimum absolute atomic E-state index is 0.0965. The molecule has 0 radical (unpaired) electrons. The lowest BCUT2D eigenvalue weighted by molar-refractivity contribution is -0.136. The lowest BCUT2D eigenvalue weighted by Gasteiger charge is -2.24. The van der Waals surface area contributed by atoms with E-state index in [-0.39, 0.29) is 30.7 Å². The number of rotatable bonds is 9. The molecule has 35 heavy (non-hydrogen) atoms. The van der Waals surface area contributed by atoms with Crippen LogP contribution < -0.4 is 5.32 Å². The molecule has 0 spiro atoms. The molecular formula is C30H29ClFNO2. The Bertz CT molecular complexity index is 1350. The summed E-state index contributed by atoms with van der Waals surface area (Å²) in [6.45, 7) is 4.28. The van der Waals surface area contributed by atoms with E-state index < -0.39 is 5.97 Å². The van der Waals surface area contributed by atoms with E-state index in [9.17, 15) is 9.18 Å². The maximum atomic E-state index is 14.4. The van der Waals surface area contributed by atoms with Crippen LogP contribution in [0.5, 0.6) is 0 Å². The molecule has 0 fully saturated rings. The van der Waals surface area contributed by atoms with Crippen LogP contribution in [0.4, 0.5) is 4.39 Å². The smallest absolute Gasteiger partial charge is 0.303 e. The normalized spacial score (nSPS) is 13.0. The molecule has 0 aliphatic carbocycles. The number of carboxylic acid groups (broad SMARTS) is 1. The lowest BCUT2D eigenvalue weighted by Crippen LogP contribution is -2.24. The lowest BCUT2D eigenvalue weighted by atomic mass is 9.91. The maximum Gasteiger partial charge on any atom is 0.303 e. The first-order valence-electron chi connectivity index (χ1n) is 11.9. The van der Waals surface area contributed by atoms with E-state index in [2.05, 4.69) is 49.5 Å². The van der Waals surface area contributed by atoms with Crippen LogP contribution in [0.1, 0.15) is 55.5 Å². The predicted molar refractivity (Wildman–Crippen MR) is 141 cm³/mol. The van der Waals surface area contributed by atoms with Crippen LogP contribution in [0.2, 0.25) is 5.02 Å². The highest BCUT2D eigenvalue weighted by Crippen LogP contribution is 2.35. The minimum atomic E-state index is -0.937. The maximum absolute atomic E-state index is 14.4. The van der Waals surface area contributed by atoms with Crippen molar-refractivity contribution in [3.05, 3.63) is 106 Å². The zero-order chi connectivity index (χ0) is 24.9. The molecule has 0 aliphatic rings. The Kier molecular flexibility index (Phi) is 7.84. The fourth-order valence-corrected chi connectivity index (χ4v) is 4.77. The largest absolute Gasteiger partial charge is 0.481 e. The first kappa shape index (κ1) is 24.9. The third-order valence-electron chi connectivity index (χ3n) is 6.46. The molecular weight excluding hydrogens is 461 g/mol. The summed E-state index contributed by atoms with van der Waals surface area (Å²) in [5.74, 6) is -1.31. The molecule has 2 atom stereocenters.